The van der Waals surface area contributed by atoms with Crippen molar-refractivity contribution in [2.24, 2.45) is 7.05 Å². The van der Waals surface area contributed by atoms with Gasteiger partial charge in [0.05, 0.1) is 19.6 Å². The van der Waals surface area contributed by atoms with Crippen molar-refractivity contribution in [3.05, 3.63) is 53.9 Å². The Balaban J connectivity index is 1.32. The molecule has 1 aromatic heterocycles. The van der Waals surface area contributed by atoms with Crippen LogP contribution in [0.5, 0.6) is 5.75 Å². The highest BCUT2D eigenvalue weighted by atomic mass is 16.5. The predicted octanol–water partition coefficient (Wildman–Crippen LogP) is 0.0750. The second-order valence-electron chi connectivity index (χ2n) is 9.34. The summed E-state index contributed by atoms with van der Waals surface area (Å²) in [5.41, 5.74) is 1.25. The van der Waals surface area contributed by atoms with E-state index in [1.165, 1.54) is 4.90 Å². The lowest BCUT2D eigenvalue weighted by atomic mass is 10.1. The van der Waals surface area contributed by atoms with Crippen LogP contribution in [0, 0.1) is 0 Å². The first-order valence-electron chi connectivity index (χ1n) is 11.8. The van der Waals surface area contributed by atoms with Crippen molar-refractivity contribution in [1.82, 2.24) is 25.0 Å². The second kappa shape index (κ2) is 9.09. The molecule has 35 heavy (non-hydrogen) atoms. The minimum Gasteiger partial charge on any atom is -0.496 e. The summed E-state index contributed by atoms with van der Waals surface area (Å²) >= 11 is 0. The van der Waals surface area contributed by atoms with Crippen molar-refractivity contribution < 1.29 is 23.9 Å². The fourth-order valence-corrected chi connectivity index (χ4v) is 5.48. The van der Waals surface area contributed by atoms with Crippen molar-refractivity contribution in [3.63, 3.8) is 0 Å². The lowest BCUT2D eigenvalue weighted by molar-refractivity contribution is -0.144. The maximum atomic E-state index is 13.7. The van der Waals surface area contributed by atoms with Crippen LogP contribution in [0.4, 0.5) is 0 Å². The van der Waals surface area contributed by atoms with Crippen LogP contribution in [-0.4, -0.2) is 82.4 Å². The monoisotopic (exact) mass is 479 g/mol. The van der Waals surface area contributed by atoms with Crippen LogP contribution in [0.3, 0.4) is 0 Å². The number of likely N-dealkylation sites (tertiary alicyclic amines) is 1. The van der Waals surface area contributed by atoms with Crippen LogP contribution in [0.1, 0.15) is 28.9 Å². The van der Waals surface area contributed by atoms with Crippen LogP contribution < -0.4 is 15.4 Å². The third-order valence-electron chi connectivity index (χ3n) is 7.23. The molecule has 3 aliphatic heterocycles. The van der Waals surface area contributed by atoms with E-state index in [2.05, 4.69) is 10.6 Å². The molecule has 0 bridgehead atoms. The molecule has 0 aliphatic carbocycles. The minimum absolute atomic E-state index is 0.104. The van der Waals surface area contributed by atoms with Crippen molar-refractivity contribution in [2.75, 3.05) is 20.2 Å². The molecule has 10 heteroatoms. The first-order chi connectivity index (χ1) is 16.9. The summed E-state index contributed by atoms with van der Waals surface area (Å²) < 4.78 is 7.08. The molecule has 184 valence electrons. The highest BCUT2D eigenvalue weighted by molar-refractivity contribution is 5.97. The van der Waals surface area contributed by atoms with Gasteiger partial charge in [0.25, 0.3) is 5.91 Å². The molecule has 0 unspecified atom stereocenters. The molecule has 4 amide bonds. The average Bonchev–Trinajstić information content (AvgIpc) is 3.56. The Labute approximate surface area is 203 Å². The number of methoxy groups -OCH3 is 1. The zero-order valence-corrected chi connectivity index (χ0v) is 19.8. The van der Waals surface area contributed by atoms with Gasteiger partial charge in [-0.15, -0.1) is 0 Å². The van der Waals surface area contributed by atoms with Crippen LogP contribution in [0.2, 0.25) is 0 Å². The molecule has 4 atom stereocenters. The Morgan fingerprint density at radius 2 is 1.97 bits per heavy atom. The van der Waals surface area contributed by atoms with E-state index in [1.807, 2.05) is 18.2 Å². The van der Waals surface area contributed by atoms with Crippen LogP contribution in [0.25, 0.3) is 0 Å². The SMILES string of the molecule is COc1ccccc1CC(=O)N1CC[C@H]2NC(=O)[C@@H]3C[C@@H](NC(=O)c4cccn4C)CN3C(=O)[C@H]21. The standard InChI is InChI=1S/C25H29N5O5/c1-28-10-5-7-18(28)23(32)26-16-13-19-24(33)27-17-9-11-29(22(17)25(34)30(19)14-16)21(31)12-15-6-3-4-8-20(15)35-2/h3-8,10,16-17,19,22H,9,11-14H2,1-2H3,(H,26,32)(H,27,33)/t16-,17-,19+,22+/m1/s1. The second-order valence-corrected chi connectivity index (χ2v) is 9.34. The minimum atomic E-state index is -0.756. The molecule has 5 rings (SSSR count). The molecule has 3 aliphatic rings. The molecule has 4 heterocycles. The van der Waals surface area contributed by atoms with Gasteiger partial charge in [-0.25, -0.2) is 0 Å². The molecule has 10 nitrogen and oxygen atoms in total. The maximum Gasteiger partial charge on any atom is 0.268 e. The third-order valence-corrected chi connectivity index (χ3v) is 7.23. The van der Waals surface area contributed by atoms with E-state index < -0.39 is 18.1 Å². The number of nitrogens with one attached hydrogen (secondary N) is 2. The number of hydrogen-bond acceptors (Lipinski definition) is 5. The maximum absolute atomic E-state index is 13.7. The molecule has 3 fully saturated rings. The Bertz CT molecular complexity index is 1180. The van der Waals surface area contributed by atoms with Gasteiger partial charge in [-0.05, 0) is 31.0 Å². The third kappa shape index (κ3) is 4.13. The summed E-state index contributed by atoms with van der Waals surface area (Å²) in [6.45, 7) is 0.617. The highest BCUT2D eigenvalue weighted by Gasteiger charge is 2.52. The number of rotatable bonds is 5. The summed E-state index contributed by atoms with van der Waals surface area (Å²) in [4.78, 5) is 55.7. The van der Waals surface area contributed by atoms with Crippen LogP contribution in [-0.2, 0) is 27.9 Å². The van der Waals surface area contributed by atoms with Gasteiger partial charge in [0, 0.05) is 37.9 Å². The summed E-state index contributed by atoms with van der Waals surface area (Å²) in [7, 11) is 3.34. The van der Waals surface area contributed by atoms with Gasteiger partial charge in [0.15, 0.2) is 0 Å². The van der Waals surface area contributed by atoms with Gasteiger partial charge in [0.2, 0.25) is 17.7 Å². The van der Waals surface area contributed by atoms with Crippen molar-refractivity contribution in [3.8, 4) is 5.75 Å². The molecule has 0 saturated carbocycles. The number of para-hydroxylation sites is 1. The fourth-order valence-electron chi connectivity index (χ4n) is 5.48. The van der Waals surface area contributed by atoms with E-state index in [9.17, 15) is 19.2 Å². The quantitative estimate of drug-likeness (QED) is 0.631. The van der Waals surface area contributed by atoms with Gasteiger partial charge in [-0.2, -0.15) is 0 Å². The van der Waals surface area contributed by atoms with E-state index in [-0.39, 0.29) is 42.6 Å². The van der Waals surface area contributed by atoms with Gasteiger partial charge < -0.3 is 29.7 Å². The Morgan fingerprint density at radius 3 is 2.71 bits per heavy atom. The number of benzene rings is 1. The normalized spacial score (nSPS) is 25.5. The van der Waals surface area contributed by atoms with E-state index in [0.717, 1.165) is 5.56 Å². The fraction of sp³-hybridized carbons (Fsp3) is 0.440. The zero-order valence-electron chi connectivity index (χ0n) is 19.8. The largest absolute Gasteiger partial charge is 0.496 e. The van der Waals surface area contributed by atoms with Crippen molar-refractivity contribution in [1.29, 1.82) is 0 Å². The summed E-state index contributed by atoms with van der Waals surface area (Å²) in [6, 6.07) is 8.61. The molecule has 1 aromatic carbocycles. The van der Waals surface area contributed by atoms with Crippen molar-refractivity contribution in [2.45, 2.75) is 43.4 Å². The van der Waals surface area contributed by atoms with Gasteiger partial charge in [-0.3, -0.25) is 19.2 Å². The molecule has 0 radical (unpaired) electrons. The summed E-state index contributed by atoms with van der Waals surface area (Å²) in [5, 5.41) is 5.94. The summed E-state index contributed by atoms with van der Waals surface area (Å²) in [6.07, 6.45) is 2.74. The van der Waals surface area contributed by atoms with E-state index in [0.29, 0.717) is 30.8 Å². The molecule has 2 aromatic rings. The molecule has 0 spiro atoms. The first kappa shape index (κ1) is 22.9. The zero-order chi connectivity index (χ0) is 24.7. The number of hydrogen-bond donors (Lipinski definition) is 2. The summed E-state index contributed by atoms with van der Waals surface area (Å²) in [5.74, 6) is -0.301. The van der Waals surface area contributed by atoms with Gasteiger partial charge >= 0.3 is 0 Å². The lowest BCUT2D eigenvalue weighted by Gasteiger charge is -2.29. The smallest absolute Gasteiger partial charge is 0.268 e. The van der Waals surface area contributed by atoms with Crippen molar-refractivity contribution >= 4 is 23.6 Å². The number of carbonyl (C=O) groups excluding carboxylic acids is 4. The Morgan fingerprint density at radius 1 is 1.17 bits per heavy atom. The number of carbonyl (C=O) groups is 4. The van der Waals surface area contributed by atoms with Crippen LogP contribution >= 0.6 is 0 Å². The molecular formula is C25H29N5O5. The Kier molecular flexibility index (Phi) is 5.96. The van der Waals surface area contributed by atoms with E-state index in [1.54, 1.807) is 48.0 Å². The van der Waals surface area contributed by atoms with Gasteiger partial charge in [-0.1, -0.05) is 18.2 Å². The highest BCUT2D eigenvalue weighted by Crippen LogP contribution is 2.30. The van der Waals surface area contributed by atoms with Gasteiger partial charge in [0.1, 0.15) is 23.5 Å². The average molecular weight is 480 g/mol. The number of ether oxygens (including phenoxy) is 1. The number of amides is 4. The Hall–Kier alpha value is -3.82. The lowest BCUT2D eigenvalue weighted by Crippen LogP contribution is -2.53. The van der Waals surface area contributed by atoms with E-state index in [4.69, 9.17) is 4.74 Å². The van der Waals surface area contributed by atoms with E-state index >= 15 is 0 Å². The number of aryl methyl sites for hydroxylation is 1. The topological polar surface area (TPSA) is 113 Å². The van der Waals surface area contributed by atoms with Crippen LogP contribution in [0.15, 0.2) is 42.6 Å². The predicted molar refractivity (Wildman–Crippen MR) is 126 cm³/mol. The molecule has 3 saturated heterocycles. The first-order valence-corrected chi connectivity index (χ1v) is 11.8. The number of nitrogens with zero attached hydrogens (tertiary/aromatic N) is 3. The molecular weight excluding hydrogens is 450 g/mol. The number of fused-ring (bicyclic) bond motifs is 2. The number of aromatic nitrogens is 1. The molecule has 2 N–H and O–H groups in total.